The molecule has 0 unspecified atom stereocenters. The number of piperidine rings is 1. The molecule has 2 fully saturated rings. The van der Waals surface area contributed by atoms with Gasteiger partial charge in [-0.05, 0) is 50.4 Å². The van der Waals surface area contributed by atoms with E-state index in [0.29, 0.717) is 37.8 Å². The van der Waals surface area contributed by atoms with Gasteiger partial charge in [0.05, 0.1) is 18.8 Å². The molecule has 1 atom stereocenters. The Labute approximate surface area is 132 Å². The number of rotatable bonds is 3. The third-order valence-electron chi connectivity index (χ3n) is 4.59. The number of carbonyl (C=O) groups is 1. The minimum Gasteiger partial charge on any atom is -0.378 e. The van der Waals surface area contributed by atoms with Crippen LogP contribution in [0.3, 0.4) is 0 Å². The minimum absolute atomic E-state index is 0.0819. The summed E-state index contributed by atoms with van der Waals surface area (Å²) in [7, 11) is 2.18. The van der Waals surface area contributed by atoms with Gasteiger partial charge in [0.1, 0.15) is 0 Å². The van der Waals surface area contributed by atoms with E-state index in [2.05, 4.69) is 16.9 Å². The van der Waals surface area contributed by atoms with Crippen LogP contribution in [0.2, 0.25) is 0 Å². The van der Waals surface area contributed by atoms with Gasteiger partial charge in [-0.25, -0.2) is 0 Å². The van der Waals surface area contributed by atoms with Crippen LogP contribution in [0.4, 0.5) is 0 Å². The molecule has 5 heteroatoms. The van der Waals surface area contributed by atoms with Crippen LogP contribution in [-0.2, 0) is 11.2 Å². The molecule has 3 heterocycles. The molecule has 1 aromatic heterocycles. The zero-order valence-electron chi connectivity index (χ0n) is 13.3. The van der Waals surface area contributed by atoms with Crippen molar-refractivity contribution in [2.45, 2.75) is 19.3 Å². The van der Waals surface area contributed by atoms with Gasteiger partial charge >= 0.3 is 0 Å². The predicted molar refractivity (Wildman–Crippen MR) is 84.9 cm³/mol. The summed E-state index contributed by atoms with van der Waals surface area (Å²) >= 11 is 0. The van der Waals surface area contributed by atoms with Gasteiger partial charge in [-0.3, -0.25) is 9.78 Å². The van der Waals surface area contributed by atoms with Crippen LogP contribution in [-0.4, -0.2) is 67.1 Å². The zero-order chi connectivity index (χ0) is 15.4. The monoisotopic (exact) mass is 303 g/mol. The number of hydrogen-bond acceptors (Lipinski definition) is 4. The molecule has 120 valence electrons. The molecular weight excluding hydrogens is 278 g/mol. The Morgan fingerprint density at radius 1 is 1.32 bits per heavy atom. The number of hydrogen-bond donors (Lipinski definition) is 0. The van der Waals surface area contributed by atoms with E-state index in [1.165, 1.54) is 24.9 Å². The van der Waals surface area contributed by atoms with Crippen molar-refractivity contribution in [3.05, 3.63) is 29.6 Å². The normalized spacial score (nSPS) is 23.5. The molecule has 0 radical (unpaired) electrons. The predicted octanol–water partition coefficient (Wildman–Crippen LogP) is 1.44. The van der Waals surface area contributed by atoms with E-state index in [-0.39, 0.29) is 5.91 Å². The number of amides is 1. The fraction of sp³-hybridized carbons (Fsp3) is 0.647. The summed E-state index contributed by atoms with van der Waals surface area (Å²) in [6.07, 6.45) is 7.15. The van der Waals surface area contributed by atoms with Crippen molar-refractivity contribution in [3.63, 3.8) is 0 Å². The first-order chi connectivity index (χ1) is 10.7. The molecule has 1 amide bonds. The molecule has 2 aliphatic heterocycles. The third-order valence-corrected chi connectivity index (χ3v) is 4.59. The molecule has 0 N–H and O–H groups in total. The first-order valence-corrected chi connectivity index (χ1v) is 8.22. The summed E-state index contributed by atoms with van der Waals surface area (Å²) in [5.74, 6) is 0.757. The fourth-order valence-electron chi connectivity index (χ4n) is 3.44. The first-order valence-electron chi connectivity index (χ1n) is 8.22. The van der Waals surface area contributed by atoms with Crippen LogP contribution >= 0.6 is 0 Å². The highest BCUT2D eigenvalue weighted by atomic mass is 16.5. The minimum atomic E-state index is 0.0819. The molecule has 22 heavy (non-hydrogen) atoms. The van der Waals surface area contributed by atoms with Crippen LogP contribution in [0.25, 0.3) is 0 Å². The number of likely N-dealkylation sites (tertiary alicyclic amines) is 1. The smallest absolute Gasteiger partial charge is 0.255 e. The van der Waals surface area contributed by atoms with Crippen LogP contribution in [0.5, 0.6) is 0 Å². The maximum absolute atomic E-state index is 12.5. The average Bonchev–Trinajstić information content (AvgIpc) is 2.55. The van der Waals surface area contributed by atoms with Gasteiger partial charge in [-0.15, -0.1) is 0 Å². The molecule has 0 saturated carbocycles. The number of nitrogens with zero attached hydrogens (tertiary/aromatic N) is 3. The highest BCUT2D eigenvalue weighted by Crippen LogP contribution is 2.20. The third kappa shape index (κ3) is 3.84. The van der Waals surface area contributed by atoms with Crippen LogP contribution in [0, 0.1) is 5.92 Å². The molecule has 3 rings (SSSR count). The Balaban J connectivity index is 1.65. The summed E-state index contributed by atoms with van der Waals surface area (Å²) in [5, 5.41) is 0. The van der Waals surface area contributed by atoms with E-state index >= 15 is 0 Å². The first kappa shape index (κ1) is 15.4. The topological polar surface area (TPSA) is 45.7 Å². The second kappa shape index (κ2) is 7.20. The van der Waals surface area contributed by atoms with Crippen molar-refractivity contribution < 1.29 is 9.53 Å². The van der Waals surface area contributed by atoms with Crippen molar-refractivity contribution in [1.82, 2.24) is 14.8 Å². The second-order valence-corrected chi connectivity index (χ2v) is 6.46. The Morgan fingerprint density at radius 3 is 2.91 bits per heavy atom. The molecule has 0 bridgehead atoms. The number of carbonyl (C=O) groups excluding carboxylic acids is 1. The highest BCUT2D eigenvalue weighted by molar-refractivity contribution is 5.94. The van der Waals surface area contributed by atoms with E-state index in [9.17, 15) is 4.79 Å². The summed E-state index contributed by atoms with van der Waals surface area (Å²) < 4.78 is 5.31. The van der Waals surface area contributed by atoms with Gasteiger partial charge in [0.15, 0.2) is 0 Å². The molecule has 0 aliphatic carbocycles. The Hall–Kier alpha value is -1.46. The number of pyridine rings is 1. The molecule has 0 spiro atoms. The number of morpholine rings is 1. The fourth-order valence-corrected chi connectivity index (χ4v) is 3.44. The maximum atomic E-state index is 12.5. The number of ether oxygens (including phenoxy) is 1. The van der Waals surface area contributed by atoms with E-state index in [0.717, 1.165) is 13.0 Å². The Bertz CT molecular complexity index is 514. The molecule has 1 aromatic rings. The van der Waals surface area contributed by atoms with Crippen LogP contribution < -0.4 is 0 Å². The van der Waals surface area contributed by atoms with Gasteiger partial charge in [-0.2, -0.15) is 0 Å². The van der Waals surface area contributed by atoms with Crippen molar-refractivity contribution in [1.29, 1.82) is 0 Å². The molecule has 0 aromatic carbocycles. The summed E-state index contributed by atoms with van der Waals surface area (Å²) in [6, 6.07) is 2.03. The van der Waals surface area contributed by atoms with Crippen LogP contribution in [0.1, 0.15) is 28.8 Å². The lowest BCUT2D eigenvalue weighted by atomic mass is 9.92. The average molecular weight is 303 g/mol. The summed E-state index contributed by atoms with van der Waals surface area (Å²) in [4.78, 5) is 21.1. The van der Waals surface area contributed by atoms with Gasteiger partial charge in [0, 0.05) is 32.0 Å². The van der Waals surface area contributed by atoms with Crippen LogP contribution in [0.15, 0.2) is 18.5 Å². The molecule has 2 aliphatic rings. The lowest BCUT2D eigenvalue weighted by Gasteiger charge is -2.30. The van der Waals surface area contributed by atoms with Gasteiger partial charge in [0.2, 0.25) is 0 Å². The van der Waals surface area contributed by atoms with Crippen molar-refractivity contribution in [2.75, 3.05) is 46.4 Å². The lowest BCUT2D eigenvalue weighted by Crippen LogP contribution is -2.40. The van der Waals surface area contributed by atoms with E-state index in [4.69, 9.17) is 4.74 Å². The zero-order valence-corrected chi connectivity index (χ0v) is 13.3. The maximum Gasteiger partial charge on any atom is 0.255 e. The van der Waals surface area contributed by atoms with Gasteiger partial charge < -0.3 is 14.5 Å². The van der Waals surface area contributed by atoms with Gasteiger partial charge in [0.25, 0.3) is 5.91 Å². The van der Waals surface area contributed by atoms with Crippen molar-refractivity contribution in [2.24, 2.45) is 5.92 Å². The van der Waals surface area contributed by atoms with Crippen molar-refractivity contribution in [3.8, 4) is 0 Å². The summed E-state index contributed by atoms with van der Waals surface area (Å²) in [5.41, 5.74) is 1.89. The molecular formula is C17H25N3O2. The standard InChI is InChI=1S/C17H25N3O2/c1-19-4-2-3-14(13-19)9-15-10-16(12-18-11-15)17(21)20-5-7-22-8-6-20/h10-12,14H,2-9,13H2,1H3/t14-/m0/s1. The lowest BCUT2D eigenvalue weighted by molar-refractivity contribution is 0.0302. The quantitative estimate of drug-likeness (QED) is 0.847. The molecule has 2 saturated heterocycles. The van der Waals surface area contributed by atoms with E-state index in [1.54, 1.807) is 6.20 Å². The largest absolute Gasteiger partial charge is 0.378 e. The van der Waals surface area contributed by atoms with Crippen molar-refractivity contribution >= 4 is 5.91 Å². The Kier molecular flexibility index (Phi) is 5.05. The summed E-state index contributed by atoms with van der Waals surface area (Å²) in [6.45, 7) is 4.96. The highest BCUT2D eigenvalue weighted by Gasteiger charge is 2.21. The second-order valence-electron chi connectivity index (χ2n) is 6.46. The van der Waals surface area contributed by atoms with Gasteiger partial charge in [-0.1, -0.05) is 0 Å². The van der Waals surface area contributed by atoms with E-state index in [1.807, 2.05) is 17.2 Å². The van der Waals surface area contributed by atoms with E-state index < -0.39 is 0 Å². The molecule has 5 nitrogen and oxygen atoms in total. The number of aromatic nitrogens is 1. The SMILES string of the molecule is CN1CCC[C@@H](Cc2cncc(C(=O)N3CCOCC3)c2)C1. The Morgan fingerprint density at radius 2 is 2.14 bits per heavy atom.